The highest BCUT2D eigenvalue weighted by atomic mass is 15.2. The summed E-state index contributed by atoms with van der Waals surface area (Å²) in [5, 5.41) is 2.33. The number of nitrogens with zero attached hydrogens (tertiary/aromatic N) is 3. The van der Waals surface area contributed by atoms with E-state index in [9.17, 15) is 0 Å². The number of pyridine rings is 1. The van der Waals surface area contributed by atoms with Gasteiger partial charge >= 0.3 is 0 Å². The zero-order valence-electron chi connectivity index (χ0n) is 27.5. The molecule has 0 fully saturated rings. The number of hydrogen-bond donors (Lipinski definition) is 0. The molecule has 50 heavy (non-hydrogen) atoms. The van der Waals surface area contributed by atoms with Crippen LogP contribution in [0.2, 0.25) is 0 Å². The highest BCUT2D eigenvalue weighted by Crippen LogP contribution is 2.55. The minimum absolute atomic E-state index is 0.968. The molecule has 0 spiro atoms. The number of benzene rings is 6. The Balaban J connectivity index is 1.33. The van der Waals surface area contributed by atoms with Gasteiger partial charge in [-0.15, -0.1) is 0 Å². The molecule has 0 unspecified atom stereocenters. The van der Waals surface area contributed by atoms with Crippen LogP contribution in [0.1, 0.15) is 12.8 Å². The zero-order valence-corrected chi connectivity index (χ0v) is 27.5. The first-order valence-corrected chi connectivity index (χ1v) is 17.4. The topological polar surface area (TPSA) is 21.1 Å². The minimum atomic E-state index is 0.968. The van der Waals surface area contributed by atoms with Gasteiger partial charge in [-0.25, -0.2) is 0 Å². The maximum atomic E-state index is 5.18. The van der Waals surface area contributed by atoms with Crippen molar-refractivity contribution in [1.82, 2.24) is 9.55 Å². The summed E-state index contributed by atoms with van der Waals surface area (Å²) in [6.45, 7) is 0. The number of allylic oxidation sites excluding steroid dienone is 4. The van der Waals surface area contributed by atoms with Crippen LogP contribution in [0.25, 0.3) is 72.0 Å². The minimum Gasteiger partial charge on any atom is -0.315 e. The molecular formula is C47H33N3. The molecule has 236 valence electrons. The van der Waals surface area contributed by atoms with Crippen LogP contribution in [0, 0.1) is 0 Å². The number of aromatic nitrogens is 2. The Morgan fingerprint density at radius 1 is 0.560 bits per heavy atom. The molecule has 2 aliphatic rings. The second-order valence-electron chi connectivity index (χ2n) is 13.1. The van der Waals surface area contributed by atoms with Gasteiger partial charge in [-0.2, -0.15) is 0 Å². The first-order chi connectivity index (χ1) is 24.8. The fourth-order valence-electron chi connectivity index (χ4n) is 8.02. The van der Waals surface area contributed by atoms with E-state index in [-0.39, 0.29) is 0 Å². The zero-order chi connectivity index (χ0) is 33.0. The molecule has 2 aromatic heterocycles. The summed E-state index contributed by atoms with van der Waals surface area (Å²) in [5.41, 5.74) is 16.6. The summed E-state index contributed by atoms with van der Waals surface area (Å²) in [6.07, 6.45) is 12.9. The lowest BCUT2D eigenvalue weighted by atomic mass is 9.91. The van der Waals surface area contributed by atoms with Crippen molar-refractivity contribution in [2.45, 2.75) is 12.8 Å². The van der Waals surface area contributed by atoms with Crippen molar-refractivity contribution in [3.8, 4) is 50.2 Å². The number of rotatable bonds is 4. The Labute approximate surface area is 291 Å². The fraction of sp³-hybridized carbons (Fsp3) is 0.0426. The van der Waals surface area contributed by atoms with E-state index in [1.165, 1.54) is 67.0 Å². The third kappa shape index (κ3) is 4.48. The third-order valence-corrected chi connectivity index (χ3v) is 10.2. The molecule has 8 aromatic rings. The van der Waals surface area contributed by atoms with Crippen LogP contribution in [-0.2, 0) is 0 Å². The van der Waals surface area contributed by atoms with Gasteiger partial charge in [0.05, 0.1) is 22.4 Å². The molecular weight excluding hydrogens is 607 g/mol. The summed E-state index contributed by atoms with van der Waals surface area (Å²) < 4.78 is 2.36. The largest absolute Gasteiger partial charge is 0.315 e. The van der Waals surface area contributed by atoms with E-state index in [0.717, 1.165) is 34.9 Å². The van der Waals surface area contributed by atoms with Gasteiger partial charge in [-0.1, -0.05) is 115 Å². The van der Waals surface area contributed by atoms with Gasteiger partial charge in [0.2, 0.25) is 0 Å². The van der Waals surface area contributed by atoms with Gasteiger partial charge in [0.1, 0.15) is 0 Å². The second kappa shape index (κ2) is 11.6. The lowest BCUT2D eigenvalue weighted by molar-refractivity contribution is 0.921. The van der Waals surface area contributed by atoms with Crippen LogP contribution >= 0.6 is 0 Å². The number of para-hydroxylation sites is 1. The van der Waals surface area contributed by atoms with Gasteiger partial charge < -0.3 is 9.47 Å². The molecule has 0 bridgehead atoms. The van der Waals surface area contributed by atoms with Gasteiger partial charge in [0.25, 0.3) is 0 Å². The van der Waals surface area contributed by atoms with Gasteiger partial charge in [0.15, 0.2) is 0 Å². The Hall–Kier alpha value is -6.45. The average Bonchev–Trinajstić information content (AvgIpc) is 3.59. The molecule has 10 rings (SSSR count). The number of hydrogen-bond acceptors (Lipinski definition) is 2. The molecule has 0 N–H and O–H groups in total. The standard InChI is InChI=1S/C47H33N3/c1-4-15-32(16-5-1)34-29-35(33-17-6-2-7-18-33)31-37(30-34)49-28-26-41-44-40-23-11-10-21-38(40)39-22-12-13-25-43(39)50(36-19-8-3-9-20-36)46(44)42-24-14-27-48-45(42)47(41)49/h1-8,10-19,21-31H,9,20H2. The molecule has 3 heteroatoms. The molecule has 1 aliphatic carbocycles. The molecule has 0 radical (unpaired) electrons. The Morgan fingerprint density at radius 3 is 1.96 bits per heavy atom. The van der Waals surface area contributed by atoms with Gasteiger partial charge in [-0.05, 0) is 94.8 Å². The molecule has 0 saturated carbocycles. The van der Waals surface area contributed by atoms with E-state index in [1.54, 1.807) is 0 Å². The van der Waals surface area contributed by atoms with E-state index < -0.39 is 0 Å². The molecule has 0 amide bonds. The molecule has 1 aliphatic heterocycles. The summed E-state index contributed by atoms with van der Waals surface area (Å²) in [7, 11) is 0. The first kappa shape index (κ1) is 28.6. The van der Waals surface area contributed by atoms with Crippen molar-refractivity contribution in [3.63, 3.8) is 0 Å². The van der Waals surface area contributed by atoms with E-state index in [1.807, 2.05) is 6.20 Å². The number of fused-ring (bicyclic) bond motifs is 10. The molecule has 3 heterocycles. The predicted octanol–water partition coefficient (Wildman–Crippen LogP) is 12.5. The smallest absolute Gasteiger partial charge is 0.0969 e. The van der Waals surface area contributed by atoms with Crippen LogP contribution in [0.4, 0.5) is 11.4 Å². The van der Waals surface area contributed by atoms with Crippen molar-refractivity contribution in [2.75, 3.05) is 4.90 Å². The van der Waals surface area contributed by atoms with Crippen LogP contribution in [0.5, 0.6) is 0 Å². The molecule has 0 saturated heterocycles. The van der Waals surface area contributed by atoms with Crippen molar-refractivity contribution in [1.29, 1.82) is 0 Å². The molecule has 0 atom stereocenters. The van der Waals surface area contributed by atoms with Crippen LogP contribution in [0.15, 0.2) is 182 Å². The SMILES string of the molecule is C1=CCCC(N2c3ccccc3-c3ccccc3-c3c2c2cccnc2c2c3ccn2-c2cc(-c3ccccc3)cc(-c3ccccc3)c2)=C1. The van der Waals surface area contributed by atoms with E-state index in [2.05, 4.69) is 179 Å². The van der Waals surface area contributed by atoms with Gasteiger partial charge in [-0.3, -0.25) is 4.98 Å². The van der Waals surface area contributed by atoms with Crippen molar-refractivity contribution in [2.24, 2.45) is 0 Å². The quantitative estimate of drug-likeness (QED) is 0.191. The fourth-order valence-corrected chi connectivity index (χ4v) is 8.02. The van der Waals surface area contributed by atoms with Crippen molar-refractivity contribution >= 4 is 33.2 Å². The monoisotopic (exact) mass is 639 g/mol. The highest BCUT2D eigenvalue weighted by Gasteiger charge is 2.31. The lowest BCUT2D eigenvalue weighted by Gasteiger charge is -2.31. The maximum absolute atomic E-state index is 5.18. The molecule has 6 aromatic carbocycles. The predicted molar refractivity (Wildman–Crippen MR) is 209 cm³/mol. The van der Waals surface area contributed by atoms with E-state index in [0.29, 0.717) is 0 Å². The summed E-state index contributed by atoms with van der Waals surface area (Å²) in [6, 6.07) is 52.7. The Morgan fingerprint density at radius 2 is 1.24 bits per heavy atom. The Kier molecular flexibility index (Phi) is 6.63. The highest BCUT2D eigenvalue weighted by molar-refractivity contribution is 6.23. The molecule has 3 nitrogen and oxygen atoms in total. The maximum Gasteiger partial charge on any atom is 0.0969 e. The van der Waals surface area contributed by atoms with Crippen LogP contribution in [0.3, 0.4) is 0 Å². The summed E-state index contributed by atoms with van der Waals surface area (Å²) >= 11 is 0. The van der Waals surface area contributed by atoms with E-state index in [4.69, 9.17) is 4.98 Å². The average molecular weight is 640 g/mol. The Bertz CT molecular complexity index is 2590. The first-order valence-electron chi connectivity index (χ1n) is 17.4. The normalized spacial score (nSPS) is 13.4. The van der Waals surface area contributed by atoms with Crippen molar-refractivity contribution < 1.29 is 0 Å². The lowest BCUT2D eigenvalue weighted by Crippen LogP contribution is -2.18. The number of anilines is 2. The van der Waals surface area contributed by atoms with Gasteiger partial charge in [0, 0.05) is 45.7 Å². The summed E-state index contributed by atoms with van der Waals surface area (Å²) in [4.78, 5) is 7.70. The second-order valence-corrected chi connectivity index (χ2v) is 13.1. The third-order valence-electron chi connectivity index (χ3n) is 10.2. The van der Waals surface area contributed by atoms with Crippen LogP contribution < -0.4 is 4.90 Å². The van der Waals surface area contributed by atoms with Crippen LogP contribution in [-0.4, -0.2) is 9.55 Å². The van der Waals surface area contributed by atoms with Crippen molar-refractivity contribution in [3.05, 3.63) is 182 Å². The van der Waals surface area contributed by atoms with E-state index >= 15 is 0 Å². The summed E-state index contributed by atoms with van der Waals surface area (Å²) in [5.74, 6) is 0.